The molecule has 3 unspecified atom stereocenters. The number of carbonyl (C=O) groups excluding carboxylic acids is 2. The zero-order valence-electron chi connectivity index (χ0n) is 20.9. The third kappa shape index (κ3) is 6.70. The van der Waals surface area contributed by atoms with E-state index >= 15 is 0 Å². The molecule has 0 spiro atoms. The predicted octanol–water partition coefficient (Wildman–Crippen LogP) is 2.28. The molecule has 2 amide bonds. The highest BCUT2D eigenvalue weighted by Gasteiger charge is 2.43. The van der Waals surface area contributed by atoms with Gasteiger partial charge in [-0.3, -0.25) is 9.59 Å². The standard InChI is InChI=1S/C26H37IN2O7/c1-3-23(32)29(18-7-5-4-6-8-18)20-13-17(26(34)28-9-10-30)14-21(24(20)33)36-25-19(27)11-16(15-31)12-22(25)35-2/h11-12,14,18,20-21,24,30-31,33H,3-10,13,15H2,1-2H3,(H,28,34). The summed E-state index contributed by atoms with van der Waals surface area (Å²) in [5, 5.41) is 32.9. The van der Waals surface area contributed by atoms with E-state index in [0.717, 1.165) is 32.1 Å². The average molecular weight is 616 g/mol. The summed E-state index contributed by atoms with van der Waals surface area (Å²) in [7, 11) is 1.49. The van der Waals surface area contributed by atoms with Crippen molar-refractivity contribution in [2.75, 3.05) is 20.3 Å². The Hall–Kier alpha value is -1.89. The normalized spacial score (nSPS) is 22.5. The second-order valence-corrected chi connectivity index (χ2v) is 10.4. The molecule has 3 rings (SSSR count). The minimum absolute atomic E-state index is 0.00450. The summed E-state index contributed by atoms with van der Waals surface area (Å²) in [6.07, 6.45) is 4.99. The van der Waals surface area contributed by atoms with Gasteiger partial charge in [0.05, 0.1) is 29.9 Å². The second kappa shape index (κ2) is 13.6. The summed E-state index contributed by atoms with van der Waals surface area (Å²) in [5.74, 6) is 0.367. The Morgan fingerprint density at radius 1 is 1.19 bits per heavy atom. The number of ether oxygens (including phenoxy) is 2. The number of hydrogen-bond donors (Lipinski definition) is 4. The molecule has 0 radical (unpaired) electrons. The molecule has 0 aliphatic heterocycles. The van der Waals surface area contributed by atoms with Crippen LogP contribution in [0, 0.1) is 3.57 Å². The summed E-state index contributed by atoms with van der Waals surface area (Å²) in [6, 6.07) is 2.80. The molecular weight excluding hydrogens is 579 g/mol. The van der Waals surface area contributed by atoms with Crippen molar-refractivity contribution < 1.29 is 34.4 Å². The van der Waals surface area contributed by atoms with Crippen molar-refractivity contribution in [3.63, 3.8) is 0 Å². The van der Waals surface area contributed by atoms with E-state index in [-0.39, 0.29) is 44.0 Å². The van der Waals surface area contributed by atoms with E-state index in [2.05, 4.69) is 27.9 Å². The highest BCUT2D eigenvalue weighted by Crippen LogP contribution is 2.38. The van der Waals surface area contributed by atoms with E-state index in [9.17, 15) is 19.8 Å². The Labute approximate surface area is 226 Å². The van der Waals surface area contributed by atoms with Crippen LogP contribution in [0.4, 0.5) is 0 Å². The molecule has 3 atom stereocenters. The van der Waals surface area contributed by atoms with Crippen LogP contribution in [0.25, 0.3) is 0 Å². The molecule has 2 aliphatic carbocycles. The number of aliphatic hydroxyl groups excluding tert-OH is 3. The minimum atomic E-state index is -1.07. The number of amides is 2. The zero-order chi connectivity index (χ0) is 26.2. The van der Waals surface area contributed by atoms with Gasteiger partial charge in [0.2, 0.25) is 11.8 Å². The summed E-state index contributed by atoms with van der Waals surface area (Å²) in [5.41, 5.74) is 1.05. The minimum Gasteiger partial charge on any atom is -0.493 e. The lowest BCUT2D eigenvalue weighted by Gasteiger charge is -2.45. The molecule has 2 aliphatic rings. The summed E-state index contributed by atoms with van der Waals surface area (Å²) < 4.78 is 12.4. The number of carbonyl (C=O) groups is 2. The Kier molecular flexibility index (Phi) is 10.8. The zero-order valence-corrected chi connectivity index (χ0v) is 23.1. The van der Waals surface area contributed by atoms with Crippen LogP contribution in [0.2, 0.25) is 0 Å². The fourth-order valence-corrected chi connectivity index (χ4v) is 5.86. The Morgan fingerprint density at radius 3 is 2.53 bits per heavy atom. The fraction of sp³-hybridized carbons (Fsp3) is 0.615. The van der Waals surface area contributed by atoms with Gasteiger partial charge in [0.1, 0.15) is 12.2 Å². The lowest BCUT2D eigenvalue weighted by atomic mass is 9.85. The van der Waals surface area contributed by atoms with Gasteiger partial charge in [-0.25, -0.2) is 0 Å². The van der Waals surface area contributed by atoms with Crippen LogP contribution in [0.15, 0.2) is 23.8 Å². The molecule has 1 aromatic carbocycles. The molecule has 0 saturated heterocycles. The van der Waals surface area contributed by atoms with Crippen LogP contribution in [-0.4, -0.2) is 76.6 Å². The van der Waals surface area contributed by atoms with Crippen molar-refractivity contribution in [3.05, 3.63) is 32.9 Å². The van der Waals surface area contributed by atoms with E-state index in [1.54, 1.807) is 23.1 Å². The third-order valence-electron chi connectivity index (χ3n) is 6.86. The molecular formula is C26H37IN2O7. The molecule has 1 saturated carbocycles. The van der Waals surface area contributed by atoms with E-state index in [1.165, 1.54) is 7.11 Å². The predicted molar refractivity (Wildman–Crippen MR) is 143 cm³/mol. The van der Waals surface area contributed by atoms with E-state index in [0.29, 0.717) is 32.6 Å². The van der Waals surface area contributed by atoms with Crippen molar-refractivity contribution in [2.45, 2.75) is 82.8 Å². The topological polar surface area (TPSA) is 129 Å². The molecule has 0 heterocycles. The second-order valence-electron chi connectivity index (χ2n) is 9.23. The SMILES string of the molecule is CCC(=O)N(C1CCCCC1)C1CC(C(=O)NCCO)=CC(Oc2c(I)cc(CO)cc2OC)C1O. The molecule has 4 N–H and O–H groups in total. The molecule has 0 aromatic heterocycles. The monoisotopic (exact) mass is 616 g/mol. The van der Waals surface area contributed by atoms with Gasteiger partial charge in [0, 0.05) is 31.0 Å². The smallest absolute Gasteiger partial charge is 0.247 e. The van der Waals surface area contributed by atoms with Gasteiger partial charge in [-0.1, -0.05) is 26.2 Å². The first-order chi connectivity index (χ1) is 17.3. The van der Waals surface area contributed by atoms with Crippen LogP contribution in [0.5, 0.6) is 11.5 Å². The van der Waals surface area contributed by atoms with E-state index in [4.69, 9.17) is 14.6 Å². The molecule has 36 heavy (non-hydrogen) atoms. The molecule has 0 bridgehead atoms. The number of hydrogen-bond acceptors (Lipinski definition) is 7. The lowest BCUT2D eigenvalue weighted by molar-refractivity contribution is -0.142. The van der Waals surface area contributed by atoms with Crippen LogP contribution < -0.4 is 14.8 Å². The average Bonchev–Trinajstić information content (AvgIpc) is 2.90. The molecule has 9 nitrogen and oxygen atoms in total. The third-order valence-corrected chi connectivity index (χ3v) is 7.66. The van der Waals surface area contributed by atoms with Gasteiger partial charge in [0.25, 0.3) is 0 Å². The fourth-order valence-electron chi connectivity index (χ4n) is 5.06. The van der Waals surface area contributed by atoms with E-state index < -0.39 is 18.2 Å². The number of nitrogens with one attached hydrogen (secondary N) is 1. The largest absolute Gasteiger partial charge is 0.493 e. The highest BCUT2D eigenvalue weighted by molar-refractivity contribution is 14.1. The van der Waals surface area contributed by atoms with Crippen LogP contribution in [0.3, 0.4) is 0 Å². The van der Waals surface area contributed by atoms with Gasteiger partial charge >= 0.3 is 0 Å². The first-order valence-electron chi connectivity index (χ1n) is 12.6. The molecule has 10 heteroatoms. The molecule has 1 fully saturated rings. The van der Waals surface area contributed by atoms with E-state index in [1.807, 2.05) is 6.92 Å². The lowest BCUT2D eigenvalue weighted by Crippen LogP contribution is -2.58. The first kappa shape index (κ1) is 28.7. The van der Waals surface area contributed by atoms with Crippen molar-refractivity contribution in [3.8, 4) is 11.5 Å². The number of aliphatic hydroxyl groups is 3. The van der Waals surface area contributed by atoms with Crippen LogP contribution >= 0.6 is 22.6 Å². The van der Waals surface area contributed by atoms with Gasteiger partial charge in [-0.2, -0.15) is 0 Å². The van der Waals surface area contributed by atoms with Gasteiger partial charge in [-0.05, 0) is 59.2 Å². The van der Waals surface area contributed by atoms with Gasteiger partial charge < -0.3 is 35.0 Å². The van der Waals surface area contributed by atoms with Gasteiger partial charge in [-0.15, -0.1) is 0 Å². The highest BCUT2D eigenvalue weighted by atomic mass is 127. The van der Waals surface area contributed by atoms with Crippen molar-refractivity contribution in [2.24, 2.45) is 0 Å². The maximum absolute atomic E-state index is 13.2. The van der Waals surface area contributed by atoms with Crippen molar-refractivity contribution in [1.29, 1.82) is 0 Å². The Morgan fingerprint density at radius 2 is 1.92 bits per heavy atom. The summed E-state index contributed by atoms with van der Waals surface area (Å²) in [4.78, 5) is 27.9. The maximum atomic E-state index is 13.2. The molecule has 1 aromatic rings. The van der Waals surface area contributed by atoms with Crippen molar-refractivity contribution >= 4 is 34.4 Å². The number of methoxy groups -OCH3 is 1. The molecule has 200 valence electrons. The summed E-state index contributed by atoms with van der Waals surface area (Å²) >= 11 is 2.08. The van der Waals surface area contributed by atoms with Gasteiger partial charge in [0.15, 0.2) is 11.5 Å². The van der Waals surface area contributed by atoms with Crippen LogP contribution in [-0.2, 0) is 16.2 Å². The number of nitrogens with zero attached hydrogens (tertiary/aromatic N) is 1. The number of benzene rings is 1. The van der Waals surface area contributed by atoms with Crippen LogP contribution in [0.1, 0.15) is 57.4 Å². The van der Waals surface area contributed by atoms with Crippen molar-refractivity contribution in [1.82, 2.24) is 10.2 Å². The quantitative estimate of drug-likeness (QED) is 0.297. The Balaban J connectivity index is 2.00. The number of halogens is 1. The summed E-state index contributed by atoms with van der Waals surface area (Å²) in [6.45, 7) is 1.55. The first-order valence-corrected chi connectivity index (χ1v) is 13.6. The maximum Gasteiger partial charge on any atom is 0.247 e. The Bertz CT molecular complexity index is 948. The number of rotatable bonds is 10.